The third-order valence-corrected chi connectivity index (χ3v) is 9.27. The molecule has 0 atom stereocenters. The lowest BCUT2D eigenvalue weighted by molar-refractivity contribution is 0.669. The molecule has 0 N–H and O–H groups in total. The number of para-hydroxylation sites is 1. The van der Waals surface area contributed by atoms with Gasteiger partial charge in [0.15, 0.2) is 0 Å². The zero-order valence-corrected chi connectivity index (χ0v) is 25.0. The van der Waals surface area contributed by atoms with E-state index in [1.54, 1.807) is 12.1 Å². The maximum Gasteiger partial charge on any atom is 0.135 e. The molecule has 10 rings (SSSR count). The van der Waals surface area contributed by atoms with Crippen LogP contribution in [0.4, 0.5) is 0 Å². The summed E-state index contributed by atoms with van der Waals surface area (Å²) in [7, 11) is 0. The summed E-state index contributed by atoms with van der Waals surface area (Å²) in [4.78, 5) is 0. The number of rotatable bonds is 3. The number of furan rings is 1. The van der Waals surface area contributed by atoms with Gasteiger partial charge in [-0.25, -0.2) is 0 Å². The molecule has 0 aliphatic heterocycles. The first-order valence-corrected chi connectivity index (χ1v) is 15.5. The number of fused-ring (bicyclic) bond motifs is 8. The molecule has 1 aromatic heterocycles. The molecule has 0 unspecified atom stereocenters. The van der Waals surface area contributed by atoms with Gasteiger partial charge < -0.3 is 4.42 Å². The first-order chi connectivity index (χ1) is 26.6. The van der Waals surface area contributed by atoms with Gasteiger partial charge in [0.1, 0.15) is 11.2 Å². The van der Waals surface area contributed by atoms with E-state index in [1.807, 2.05) is 66.7 Å². The van der Waals surface area contributed by atoms with Gasteiger partial charge in [-0.3, -0.25) is 0 Å². The molecule has 0 bridgehead atoms. The summed E-state index contributed by atoms with van der Waals surface area (Å²) in [6.45, 7) is 0. The highest BCUT2D eigenvalue weighted by molar-refractivity contribution is 6.22. The highest BCUT2D eigenvalue weighted by atomic mass is 16.3. The first-order valence-electron chi connectivity index (χ1n) is 19.5. The van der Waals surface area contributed by atoms with Crippen LogP contribution in [-0.4, -0.2) is 0 Å². The molecule has 0 aliphatic carbocycles. The lowest BCUT2D eigenvalue weighted by Gasteiger charge is -2.18. The molecule has 218 valence electrons. The van der Waals surface area contributed by atoms with Crippen LogP contribution >= 0.6 is 0 Å². The van der Waals surface area contributed by atoms with E-state index in [-0.39, 0.29) is 45.7 Å². The molecule has 9 aromatic carbocycles. The molecule has 47 heavy (non-hydrogen) atoms. The van der Waals surface area contributed by atoms with Crippen molar-refractivity contribution in [3.8, 4) is 33.4 Å². The van der Waals surface area contributed by atoms with E-state index in [0.717, 1.165) is 43.4 Å². The standard InChI is InChI=1S/C46H28O/c1-2-13-35-29(10-1)20-21-32-26-31(22-24-36(32)35)30-11-9-12-33(27-30)45-38-15-3-5-17-40(38)46(41-18-6-4-16-39(41)45)34-23-25-44-42(28-34)37-14-7-8-19-43(37)47-44/h1-28H/i3D,4D,5D,6D,15D,16D,17D,18D. The zero-order valence-electron chi connectivity index (χ0n) is 33.0. The topological polar surface area (TPSA) is 13.1 Å². The average Bonchev–Trinajstić information content (AvgIpc) is 3.60. The van der Waals surface area contributed by atoms with E-state index in [9.17, 15) is 5.48 Å². The maximum atomic E-state index is 9.36. The smallest absolute Gasteiger partial charge is 0.135 e. The summed E-state index contributed by atoms with van der Waals surface area (Å²) in [5, 5.41) is 6.83. The van der Waals surface area contributed by atoms with Crippen LogP contribution in [0.25, 0.3) is 98.4 Å². The van der Waals surface area contributed by atoms with Crippen LogP contribution in [-0.2, 0) is 0 Å². The zero-order chi connectivity index (χ0) is 37.9. The molecule has 0 spiro atoms. The van der Waals surface area contributed by atoms with E-state index >= 15 is 0 Å². The normalized spacial score (nSPS) is 14.2. The Morgan fingerprint density at radius 2 is 0.894 bits per heavy atom. The van der Waals surface area contributed by atoms with Gasteiger partial charge in [-0.2, -0.15) is 0 Å². The van der Waals surface area contributed by atoms with Crippen molar-refractivity contribution in [2.45, 2.75) is 0 Å². The van der Waals surface area contributed by atoms with Gasteiger partial charge in [0.25, 0.3) is 0 Å². The molecule has 0 radical (unpaired) electrons. The molecule has 0 aliphatic rings. The minimum atomic E-state index is -0.433. The van der Waals surface area contributed by atoms with Gasteiger partial charge in [-0.05, 0) is 107 Å². The third kappa shape index (κ3) is 4.03. The van der Waals surface area contributed by atoms with Crippen molar-refractivity contribution in [3.05, 3.63) is 170 Å². The first kappa shape index (κ1) is 19.4. The van der Waals surface area contributed by atoms with E-state index in [2.05, 4.69) is 42.5 Å². The van der Waals surface area contributed by atoms with Crippen molar-refractivity contribution in [1.82, 2.24) is 0 Å². The fourth-order valence-corrected chi connectivity index (χ4v) is 7.13. The molecule has 0 fully saturated rings. The van der Waals surface area contributed by atoms with Crippen molar-refractivity contribution in [2.24, 2.45) is 0 Å². The van der Waals surface area contributed by atoms with Crippen molar-refractivity contribution < 1.29 is 15.4 Å². The molecular formula is C46H28O. The Balaban J connectivity index is 1.33. The summed E-state index contributed by atoms with van der Waals surface area (Å²) < 4.78 is 78.7. The summed E-state index contributed by atoms with van der Waals surface area (Å²) in [5.41, 5.74) is 4.79. The minimum Gasteiger partial charge on any atom is -0.456 e. The van der Waals surface area contributed by atoms with Gasteiger partial charge >= 0.3 is 0 Å². The van der Waals surface area contributed by atoms with Gasteiger partial charge in [0.05, 0.1) is 11.0 Å². The number of hydrogen-bond donors (Lipinski definition) is 0. The predicted octanol–water partition coefficient (Wildman–Crippen LogP) is 13.2. The molecule has 1 heterocycles. The molecule has 0 saturated carbocycles. The van der Waals surface area contributed by atoms with Gasteiger partial charge in [0, 0.05) is 10.8 Å². The SMILES string of the molecule is [2H]c1c([2H])c([2H])c2c(-c3ccc4oc5ccccc5c4c3)c3c([2H])c([2H])c([2H])c([2H])c3c(-c3cccc(-c4ccc5c(ccc6ccccc65)c4)c3)c2c1[2H]. The van der Waals surface area contributed by atoms with Gasteiger partial charge in [-0.15, -0.1) is 0 Å². The number of benzene rings is 9. The number of hydrogen-bond acceptors (Lipinski definition) is 1. The van der Waals surface area contributed by atoms with Crippen LogP contribution in [0.2, 0.25) is 0 Å². The molecule has 10 aromatic rings. The maximum absolute atomic E-state index is 9.36. The quantitative estimate of drug-likeness (QED) is 0.144. The van der Waals surface area contributed by atoms with Crippen molar-refractivity contribution in [3.63, 3.8) is 0 Å². The molecule has 1 heteroatoms. The summed E-state index contributed by atoms with van der Waals surface area (Å²) >= 11 is 0. The Kier molecular flexibility index (Phi) is 4.19. The van der Waals surface area contributed by atoms with E-state index in [0.29, 0.717) is 33.4 Å². The lowest BCUT2D eigenvalue weighted by atomic mass is 9.85. The molecule has 1 nitrogen and oxygen atoms in total. The minimum absolute atomic E-state index is 0.175. The fourth-order valence-electron chi connectivity index (χ4n) is 7.13. The Morgan fingerprint density at radius 1 is 0.340 bits per heavy atom. The van der Waals surface area contributed by atoms with Crippen LogP contribution in [0.15, 0.2) is 174 Å². The second-order valence-electron chi connectivity index (χ2n) is 11.9. The second-order valence-corrected chi connectivity index (χ2v) is 11.9. The van der Waals surface area contributed by atoms with Crippen molar-refractivity contribution >= 4 is 65.0 Å². The Morgan fingerprint density at radius 3 is 1.66 bits per heavy atom. The lowest BCUT2D eigenvalue weighted by Crippen LogP contribution is -1.91. The van der Waals surface area contributed by atoms with Gasteiger partial charge in [-0.1, -0.05) is 139 Å². The Labute approximate surface area is 283 Å². The van der Waals surface area contributed by atoms with E-state index in [4.69, 9.17) is 9.90 Å². The van der Waals surface area contributed by atoms with Crippen LogP contribution in [0.5, 0.6) is 0 Å². The van der Waals surface area contributed by atoms with Crippen LogP contribution < -0.4 is 0 Å². The van der Waals surface area contributed by atoms with Crippen molar-refractivity contribution in [2.75, 3.05) is 0 Å². The Bertz CT molecular complexity index is 3230. The molecule has 0 saturated heterocycles. The van der Waals surface area contributed by atoms with Crippen LogP contribution in [0.3, 0.4) is 0 Å². The third-order valence-electron chi connectivity index (χ3n) is 9.27. The van der Waals surface area contributed by atoms with Gasteiger partial charge in [0.2, 0.25) is 0 Å². The van der Waals surface area contributed by atoms with Crippen LogP contribution in [0.1, 0.15) is 11.0 Å². The highest BCUT2D eigenvalue weighted by Crippen LogP contribution is 2.45. The molecular weight excluding hydrogens is 569 g/mol. The molecule has 0 amide bonds. The monoisotopic (exact) mass is 604 g/mol. The second kappa shape index (κ2) is 10.2. The van der Waals surface area contributed by atoms with Crippen LogP contribution in [0, 0.1) is 0 Å². The van der Waals surface area contributed by atoms with E-state index < -0.39 is 24.2 Å². The summed E-state index contributed by atoms with van der Waals surface area (Å²) in [5.74, 6) is 0. The fraction of sp³-hybridized carbons (Fsp3) is 0. The van der Waals surface area contributed by atoms with E-state index in [1.165, 1.54) is 0 Å². The summed E-state index contributed by atoms with van der Waals surface area (Å²) in [6, 6.07) is 36.5. The predicted molar refractivity (Wildman–Crippen MR) is 200 cm³/mol. The largest absolute Gasteiger partial charge is 0.456 e. The average molecular weight is 605 g/mol. The highest BCUT2D eigenvalue weighted by Gasteiger charge is 2.18. The van der Waals surface area contributed by atoms with Crippen molar-refractivity contribution in [1.29, 1.82) is 0 Å². The summed E-state index contributed by atoms with van der Waals surface area (Å²) in [6.07, 6.45) is 0. The Hall–Kier alpha value is -6.18.